The first kappa shape index (κ1) is 18.3. The predicted octanol–water partition coefficient (Wildman–Crippen LogP) is 6.66. The molecular formula is C17H14Br2N4O+2. The van der Waals surface area contributed by atoms with Gasteiger partial charge in [0.1, 0.15) is 14.7 Å². The largest absolute Gasteiger partial charge is 0.402 e. The molecule has 0 radical (unpaired) electrons. The van der Waals surface area contributed by atoms with Crippen molar-refractivity contribution in [1.82, 2.24) is 0 Å². The number of ketones is 1. The highest BCUT2D eigenvalue weighted by Crippen LogP contribution is 2.39. The van der Waals surface area contributed by atoms with Gasteiger partial charge < -0.3 is 0 Å². The summed E-state index contributed by atoms with van der Waals surface area (Å²) < 4.78 is 1.23. The Kier molecular flexibility index (Phi) is 5.82. The van der Waals surface area contributed by atoms with E-state index in [1.165, 1.54) is 0 Å². The van der Waals surface area contributed by atoms with E-state index in [0.29, 0.717) is 31.4 Å². The van der Waals surface area contributed by atoms with Crippen molar-refractivity contribution < 1.29 is 4.79 Å². The first-order valence-electron chi connectivity index (χ1n) is 7.23. The summed E-state index contributed by atoms with van der Waals surface area (Å²) in [4.78, 5) is 19.5. The lowest BCUT2D eigenvalue weighted by atomic mass is 9.84. The normalized spacial score (nSPS) is 12.8. The maximum absolute atomic E-state index is 12.9. The predicted molar refractivity (Wildman–Crippen MR) is 99.6 cm³/mol. The molecule has 0 aromatic heterocycles. The van der Waals surface area contributed by atoms with Gasteiger partial charge in [-0.25, -0.2) is 0 Å². The van der Waals surface area contributed by atoms with Gasteiger partial charge in [-0.15, -0.1) is 0 Å². The molecule has 2 aromatic carbocycles. The summed E-state index contributed by atoms with van der Waals surface area (Å²) >= 11 is 6.64. The van der Waals surface area contributed by atoms with Crippen molar-refractivity contribution in [3.63, 3.8) is 0 Å². The third-order valence-electron chi connectivity index (χ3n) is 4.02. The molecule has 0 heterocycles. The zero-order valence-electron chi connectivity index (χ0n) is 13.1. The van der Waals surface area contributed by atoms with E-state index >= 15 is 0 Å². The van der Waals surface area contributed by atoms with Gasteiger partial charge in [-0.2, -0.15) is 0 Å². The molecule has 2 unspecified atom stereocenters. The van der Waals surface area contributed by atoms with Crippen molar-refractivity contribution >= 4 is 49.0 Å². The molecule has 0 N–H and O–H groups in total. The van der Waals surface area contributed by atoms with Crippen LogP contribution in [0.25, 0.3) is 9.95 Å². The Morgan fingerprint density at radius 1 is 0.875 bits per heavy atom. The zero-order chi connectivity index (χ0) is 17.9. The third-order valence-corrected chi connectivity index (χ3v) is 5.30. The summed E-state index contributed by atoms with van der Waals surface area (Å²) in [6.45, 7) is 3.53. The highest BCUT2D eigenvalue weighted by molar-refractivity contribution is 9.11. The van der Waals surface area contributed by atoms with Crippen LogP contribution in [0.15, 0.2) is 45.3 Å². The van der Waals surface area contributed by atoms with Crippen LogP contribution in [0.3, 0.4) is 0 Å². The molecule has 24 heavy (non-hydrogen) atoms. The first-order chi connectivity index (χ1) is 11.4. The molecule has 0 saturated carbocycles. The van der Waals surface area contributed by atoms with E-state index in [4.69, 9.17) is 0 Å². The highest BCUT2D eigenvalue weighted by Gasteiger charge is 2.33. The summed E-state index contributed by atoms with van der Waals surface area (Å²) in [5.74, 6) is -1.05. The first-order valence-corrected chi connectivity index (χ1v) is 8.81. The second kappa shape index (κ2) is 7.65. The summed E-state index contributed by atoms with van der Waals surface area (Å²) in [6.07, 6.45) is 0. The fraction of sp³-hybridized carbons (Fsp3) is 0.235. The fourth-order valence-electron chi connectivity index (χ4n) is 2.66. The Balaban J connectivity index is 2.43. The van der Waals surface area contributed by atoms with Gasteiger partial charge in [0.25, 0.3) is 0 Å². The number of hydrogen-bond donors (Lipinski definition) is 0. The lowest BCUT2D eigenvalue weighted by molar-refractivity contribution is -0.121. The average molecular weight is 450 g/mol. The van der Waals surface area contributed by atoms with Gasteiger partial charge in [-0.1, -0.05) is 38.1 Å². The minimum Gasteiger partial charge on any atom is -0.298 e. The molecule has 0 saturated heterocycles. The third kappa shape index (κ3) is 3.38. The van der Waals surface area contributed by atoms with Crippen molar-refractivity contribution in [1.29, 1.82) is 10.8 Å². The zero-order valence-corrected chi connectivity index (χ0v) is 16.2. The molecular weight excluding hydrogens is 436 g/mol. The minimum absolute atomic E-state index is 0.0685. The van der Waals surface area contributed by atoms with Crippen LogP contribution >= 0.6 is 31.9 Å². The maximum Gasteiger partial charge on any atom is 0.402 e. The van der Waals surface area contributed by atoms with E-state index in [9.17, 15) is 15.6 Å². The molecule has 7 heteroatoms. The van der Waals surface area contributed by atoms with Gasteiger partial charge in [-0.3, -0.25) is 4.79 Å². The summed E-state index contributed by atoms with van der Waals surface area (Å²) in [6, 6.07) is 10.6. The molecule has 120 valence electrons. The summed E-state index contributed by atoms with van der Waals surface area (Å²) in [5, 5.41) is 18.5. The second-order valence-corrected chi connectivity index (χ2v) is 7.11. The highest BCUT2D eigenvalue weighted by atomic mass is 79.9. The number of Topliss-reactive ketones (excluding diaryl/α,β-unsaturated/α-hetero) is 1. The van der Waals surface area contributed by atoms with Crippen LogP contribution in [-0.4, -0.2) is 5.78 Å². The van der Waals surface area contributed by atoms with Gasteiger partial charge >= 0.3 is 11.4 Å². The number of carbonyl (C=O) groups is 1. The number of benzene rings is 2. The fourth-order valence-corrected chi connectivity index (χ4v) is 3.58. The van der Waals surface area contributed by atoms with Crippen LogP contribution in [0.4, 0.5) is 11.4 Å². The van der Waals surface area contributed by atoms with Crippen molar-refractivity contribution in [3.8, 4) is 0 Å². The minimum atomic E-state index is -0.492. The number of carbonyl (C=O) groups excluding carboxylic acids is 1. The van der Waals surface area contributed by atoms with Crippen LogP contribution < -0.4 is 0 Å². The van der Waals surface area contributed by atoms with E-state index in [-0.39, 0.29) is 5.78 Å². The molecule has 0 fully saturated rings. The molecule has 0 aliphatic carbocycles. The quantitative estimate of drug-likeness (QED) is 0.490. The molecule has 0 aliphatic heterocycles. The van der Waals surface area contributed by atoms with E-state index < -0.39 is 11.8 Å². The molecule has 2 rings (SSSR count). The van der Waals surface area contributed by atoms with E-state index in [1.807, 2.05) is 0 Å². The second-order valence-electron chi connectivity index (χ2n) is 5.40. The van der Waals surface area contributed by atoms with Crippen LogP contribution in [0, 0.1) is 10.8 Å². The van der Waals surface area contributed by atoms with Crippen molar-refractivity contribution in [2.75, 3.05) is 0 Å². The van der Waals surface area contributed by atoms with E-state index in [2.05, 4.69) is 41.8 Å². The van der Waals surface area contributed by atoms with Crippen molar-refractivity contribution in [2.24, 2.45) is 0 Å². The molecule has 0 bridgehead atoms. The van der Waals surface area contributed by atoms with Gasteiger partial charge in [-0.05, 0) is 44.0 Å². The Labute approximate surface area is 156 Å². The van der Waals surface area contributed by atoms with Crippen LogP contribution in [0.5, 0.6) is 0 Å². The van der Waals surface area contributed by atoms with E-state index in [0.717, 1.165) is 0 Å². The molecule has 0 spiro atoms. The number of hydrogen-bond acceptors (Lipinski definition) is 3. The standard InChI is InChI=1S/C17H14Br2N4O/c1-9(11-5-3-7-13(18)15(11)22-20)17(24)10(2)12-6-4-8-14(19)16(12)23-21/h3-10H,1-2H3/q+2. The Bertz CT molecular complexity index is 812. The molecule has 0 amide bonds. The monoisotopic (exact) mass is 448 g/mol. The maximum atomic E-state index is 12.9. The smallest absolute Gasteiger partial charge is 0.298 e. The number of rotatable bonds is 4. The number of halogens is 2. The van der Waals surface area contributed by atoms with Crippen LogP contribution in [-0.2, 0) is 4.79 Å². The van der Waals surface area contributed by atoms with E-state index in [1.54, 1.807) is 50.2 Å². The average Bonchev–Trinajstić information content (AvgIpc) is 2.59. The van der Waals surface area contributed by atoms with Crippen molar-refractivity contribution in [3.05, 3.63) is 66.4 Å². The Hall–Kier alpha value is -2.09. The molecule has 5 nitrogen and oxygen atoms in total. The Morgan fingerprint density at radius 3 is 1.58 bits per heavy atom. The topological polar surface area (TPSA) is 73.4 Å². The van der Waals surface area contributed by atoms with Gasteiger partial charge in [0.05, 0.1) is 11.1 Å². The number of nitrogens with zero attached hydrogens (tertiary/aromatic N) is 4. The number of diazo groups is 2. The van der Waals surface area contributed by atoms with Gasteiger partial charge in [0.2, 0.25) is 10.8 Å². The summed E-state index contributed by atoms with van der Waals surface area (Å²) in [7, 11) is 0. The SMILES string of the molecule is CC(C(=O)C(C)c1cccc(Br)c1[N+]#N)c1cccc(Br)c1[N+]#N. The Morgan fingerprint density at radius 2 is 1.25 bits per heavy atom. The molecule has 2 aromatic rings. The van der Waals surface area contributed by atoms with Gasteiger partial charge in [0.15, 0.2) is 9.95 Å². The molecule has 0 aliphatic rings. The van der Waals surface area contributed by atoms with Crippen molar-refractivity contribution in [2.45, 2.75) is 25.7 Å². The summed E-state index contributed by atoms with van der Waals surface area (Å²) in [5.41, 5.74) is 1.93. The van der Waals surface area contributed by atoms with Crippen LogP contribution in [0.1, 0.15) is 36.8 Å². The molecule has 2 atom stereocenters. The lowest BCUT2D eigenvalue weighted by Crippen LogP contribution is -2.17. The van der Waals surface area contributed by atoms with Gasteiger partial charge in [0, 0.05) is 11.8 Å². The van der Waals surface area contributed by atoms with Crippen LogP contribution in [0.2, 0.25) is 0 Å². The lowest BCUT2D eigenvalue weighted by Gasteiger charge is -2.15.